The Morgan fingerprint density at radius 2 is 2.10 bits per heavy atom. The van der Waals surface area contributed by atoms with E-state index in [1.54, 1.807) is 10.7 Å². The topological polar surface area (TPSA) is 98.1 Å². The third-order valence-corrected chi connectivity index (χ3v) is 5.02. The first kappa shape index (κ1) is 19.1. The molecule has 1 atom stereocenters. The number of amides is 2. The highest BCUT2D eigenvalue weighted by Crippen LogP contribution is 2.36. The van der Waals surface area contributed by atoms with Crippen LogP contribution in [0.5, 0.6) is 5.75 Å². The van der Waals surface area contributed by atoms with Crippen LogP contribution < -0.4 is 15.4 Å². The van der Waals surface area contributed by atoms with Crippen LogP contribution in [-0.4, -0.2) is 33.2 Å². The highest BCUT2D eigenvalue weighted by Gasteiger charge is 2.30. The molecule has 0 unspecified atom stereocenters. The molecule has 0 spiro atoms. The van der Waals surface area contributed by atoms with Crippen LogP contribution in [0.3, 0.4) is 0 Å². The minimum Gasteiger partial charge on any atom is -0.483 e. The molecule has 29 heavy (non-hydrogen) atoms. The van der Waals surface area contributed by atoms with E-state index in [0.29, 0.717) is 17.4 Å². The minimum absolute atomic E-state index is 0.154. The maximum atomic E-state index is 12.3. The summed E-state index contributed by atoms with van der Waals surface area (Å²) in [5, 5.41) is 9.71. The minimum atomic E-state index is -0.381. The molecule has 1 aliphatic heterocycles. The van der Waals surface area contributed by atoms with E-state index >= 15 is 0 Å². The Bertz CT molecular complexity index is 1060. The van der Waals surface area contributed by atoms with Crippen LogP contribution in [0.25, 0.3) is 0 Å². The molecule has 2 aromatic carbocycles. The Morgan fingerprint density at radius 1 is 1.31 bits per heavy atom. The number of halogens is 1. The molecule has 0 aliphatic carbocycles. The monoisotopic (exact) mass is 455 g/mol. The predicted molar refractivity (Wildman–Crippen MR) is 111 cm³/mol. The van der Waals surface area contributed by atoms with Gasteiger partial charge in [0.2, 0.25) is 11.9 Å². The summed E-state index contributed by atoms with van der Waals surface area (Å²) in [7, 11) is 0. The Balaban J connectivity index is 1.53. The third kappa shape index (κ3) is 4.29. The Morgan fingerprint density at radius 3 is 2.90 bits per heavy atom. The summed E-state index contributed by atoms with van der Waals surface area (Å²) in [4.78, 5) is 28.5. The zero-order valence-electron chi connectivity index (χ0n) is 15.6. The molecular weight excluding hydrogens is 438 g/mol. The lowest BCUT2D eigenvalue weighted by Crippen LogP contribution is -2.30. The second kappa shape index (κ2) is 8.04. The van der Waals surface area contributed by atoms with Crippen LogP contribution in [0.4, 0.5) is 11.6 Å². The molecule has 0 fully saturated rings. The fourth-order valence-electron chi connectivity index (χ4n) is 3.14. The third-order valence-electron chi connectivity index (χ3n) is 4.52. The van der Waals surface area contributed by atoms with E-state index < -0.39 is 0 Å². The molecule has 0 radical (unpaired) electrons. The molecule has 2 heterocycles. The summed E-state index contributed by atoms with van der Waals surface area (Å²) >= 11 is 3.46. The van der Waals surface area contributed by atoms with Gasteiger partial charge in [0.1, 0.15) is 12.1 Å². The van der Waals surface area contributed by atoms with Crippen molar-refractivity contribution in [2.75, 3.05) is 17.2 Å². The summed E-state index contributed by atoms with van der Waals surface area (Å²) in [6.07, 6.45) is 1.58. The van der Waals surface area contributed by atoms with Gasteiger partial charge in [-0.2, -0.15) is 10.1 Å². The molecular formula is C20H18BrN5O3. The van der Waals surface area contributed by atoms with Crippen molar-refractivity contribution < 1.29 is 14.3 Å². The number of anilines is 2. The molecule has 0 bridgehead atoms. The average Bonchev–Trinajstić information content (AvgIpc) is 3.16. The molecule has 3 aromatic rings. The van der Waals surface area contributed by atoms with Crippen LogP contribution in [-0.2, 0) is 9.59 Å². The predicted octanol–water partition coefficient (Wildman–Crippen LogP) is 3.30. The number of rotatable bonds is 5. The first-order valence-corrected chi connectivity index (χ1v) is 9.77. The smallest absolute Gasteiger partial charge is 0.262 e. The van der Waals surface area contributed by atoms with Gasteiger partial charge < -0.3 is 10.1 Å². The quantitative estimate of drug-likeness (QED) is 0.614. The number of hydrogen-bond acceptors (Lipinski definition) is 5. The van der Waals surface area contributed by atoms with E-state index in [4.69, 9.17) is 4.74 Å². The normalized spacial score (nSPS) is 15.4. The van der Waals surface area contributed by atoms with Gasteiger partial charge in [0.05, 0.1) is 12.5 Å². The van der Waals surface area contributed by atoms with Gasteiger partial charge in [-0.05, 0) is 37.3 Å². The molecule has 0 saturated heterocycles. The number of carbonyl (C=O) groups excluding carboxylic acids is 2. The number of hydrogen-bond donors (Lipinski definition) is 2. The van der Waals surface area contributed by atoms with Crippen LogP contribution in [0.15, 0.2) is 53.3 Å². The van der Waals surface area contributed by atoms with Crippen molar-refractivity contribution >= 4 is 39.4 Å². The second-order valence-electron chi connectivity index (χ2n) is 6.68. The number of aryl methyl sites for hydroxylation is 1. The highest BCUT2D eigenvalue weighted by molar-refractivity contribution is 9.10. The van der Waals surface area contributed by atoms with Gasteiger partial charge in [0.15, 0.2) is 6.61 Å². The fraction of sp³-hybridized carbons (Fsp3) is 0.200. The van der Waals surface area contributed by atoms with Crippen molar-refractivity contribution in [1.82, 2.24) is 14.8 Å². The van der Waals surface area contributed by atoms with E-state index in [1.165, 1.54) is 6.33 Å². The van der Waals surface area contributed by atoms with Crippen LogP contribution in [0.1, 0.15) is 23.6 Å². The SMILES string of the molecule is Cc1ccc(NC(=O)COc2ccc(Br)cc2[C@@H]2CC(=O)Nc3ncnn32)cc1. The molecule has 2 N–H and O–H groups in total. The Labute approximate surface area is 175 Å². The number of aromatic nitrogens is 3. The van der Waals surface area contributed by atoms with Crippen molar-refractivity contribution in [3.8, 4) is 5.75 Å². The zero-order valence-corrected chi connectivity index (χ0v) is 17.1. The molecule has 1 aromatic heterocycles. The van der Waals surface area contributed by atoms with Gasteiger partial charge in [0.25, 0.3) is 5.91 Å². The van der Waals surface area contributed by atoms with Gasteiger partial charge in [-0.15, -0.1) is 0 Å². The maximum absolute atomic E-state index is 12.3. The molecule has 1 aliphatic rings. The second-order valence-corrected chi connectivity index (χ2v) is 7.60. The Kier molecular flexibility index (Phi) is 5.30. The van der Waals surface area contributed by atoms with E-state index in [1.807, 2.05) is 43.3 Å². The van der Waals surface area contributed by atoms with Gasteiger partial charge in [0, 0.05) is 15.7 Å². The highest BCUT2D eigenvalue weighted by atomic mass is 79.9. The lowest BCUT2D eigenvalue weighted by atomic mass is 10.0. The first-order chi connectivity index (χ1) is 14.0. The number of nitrogens with zero attached hydrogens (tertiary/aromatic N) is 3. The summed E-state index contributed by atoms with van der Waals surface area (Å²) in [5.74, 6) is 0.465. The summed E-state index contributed by atoms with van der Waals surface area (Å²) in [6.45, 7) is 1.82. The number of carbonyl (C=O) groups is 2. The van der Waals surface area contributed by atoms with Gasteiger partial charge in [-0.3, -0.25) is 14.9 Å². The number of fused-ring (bicyclic) bond motifs is 1. The largest absolute Gasteiger partial charge is 0.483 e. The summed E-state index contributed by atoms with van der Waals surface area (Å²) in [6, 6.07) is 12.6. The van der Waals surface area contributed by atoms with Crippen molar-refractivity contribution in [3.05, 3.63) is 64.4 Å². The van der Waals surface area contributed by atoms with E-state index in [2.05, 4.69) is 36.6 Å². The molecule has 8 nitrogen and oxygen atoms in total. The van der Waals surface area contributed by atoms with E-state index in [9.17, 15) is 9.59 Å². The van der Waals surface area contributed by atoms with Crippen molar-refractivity contribution in [2.45, 2.75) is 19.4 Å². The van der Waals surface area contributed by atoms with E-state index in [-0.39, 0.29) is 30.9 Å². The number of nitrogens with one attached hydrogen (secondary N) is 2. The molecule has 0 saturated carbocycles. The fourth-order valence-corrected chi connectivity index (χ4v) is 3.51. The van der Waals surface area contributed by atoms with Crippen LogP contribution >= 0.6 is 15.9 Å². The average molecular weight is 456 g/mol. The Hall–Kier alpha value is -3.20. The van der Waals surface area contributed by atoms with Gasteiger partial charge in [-0.25, -0.2) is 4.68 Å². The lowest BCUT2D eigenvalue weighted by Gasteiger charge is -2.25. The van der Waals surface area contributed by atoms with Crippen molar-refractivity contribution in [1.29, 1.82) is 0 Å². The summed E-state index contributed by atoms with van der Waals surface area (Å²) < 4.78 is 8.28. The number of benzene rings is 2. The maximum Gasteiger partial charge on any atom is 0.262 e. The molecule has 148 valence electrons. The van der Waals surface area contributed by atoms with Crippen LogP contribution in [0.2, 0.25) is 0 Å². The lowest BCUT2D eigenvalue weighted by molar-refractivity contribution is -0.118. The van der Waals surface area contributed by atoms with Gasteiger partial charge in [-0.1, -0.05) is 33.6 Å². The standard InChI is InChI=1S/C20H18BrN5O3/c1-12-2-5-14(6-3-12)24-19(28)10-29-17-7-4-13(21)8-15(17)16-9-18(27)25-20-22-11-23-26(16)20/h2-8,11,16H,9-10H2,1H3,(H,24,28)(H,22,23,25,27)/t16-/m0/s1. The molecule has 2 amide bonds. The molecule has 9 heteroatoms. The van der Waals surface area contributed by atoms with Crippen molar-refractivity contribution in [3.63, 3.8) is 0 Å². The zero-order chi connectivity index (χ0) is 20.4. The van der Waals surface area contributed by atoms with Gasteiger partial charge >= 0.3 is 0 Å². The number of ether oxygens (including phenoxy) is 1. The molecule has 4 rings (SSSR count). The summed E-state index contributed by atoms with van der Waals surface area (Å²) in [5.41, 5.74) is 2.56. The van der Waals surface area contributed by atoms with E-state index in [0.717, 1.165) is 15.6 Å². The van der Waals surface area contributed by atoms with Crippen LogP contribution in [0, 0.1) is 6.92 Å². The first-order valence-electron chi connectivity index (χ1n) is 8.98. The van der Waals surface area contributed by atoms with Crippen molar-refractivity contribution in [2.24, 2.45) is 0 Å².